The first-order valence-corrected chi connectivity index (χ1v) is 3.23. The van der Waals surface area contributed by atoms with Crippen LogP contribution < -0.4 is 0 Å². The summed E-state index contributed by atoms with van der Waals surface area (Å²) < 4.78 is 0.986. The molecule has 0 fully saturated rings. The van der Waals surface area contributed by atoms with Gasteiger partial charge in [0.05, 0.1) is 7.05 Å². The smallest absolute Gasteiger partial charge is 0.137 e. The molecule has 9 heavy (non-hydrogen) atoms. The van der Waals surface area contributed by atoms with Gasteiger partial charge in [-0.25, -0.2) is 0 Å². The number of hydrogen-bond donors (Lipinski definition) is 0. The standard InChI is InChI=1S/C8H10N/c1-9-6-2-4-8(9)5-3-7-9/h2-6H,7H2,1H3/q+1. The molecule has 2 aliphatic rings. The van der Waals surface area contributed by atoms with E-state index in [2.05, 4.69) is 37.6 Å². The van der Waals surface area contributed by atoms with Gasteiger partial charge in [-0.15, -0.1) is 0 Å². The second kappa shape index (κ2) is 1.36. The Bertz CT molecular complexity index is 223. The minimum Gasteiger partial charge on any atom is -0.264 e. The number of likely N-dealkylation sites (N-methyl/N-ethyl adjacent to an activating group) is 1. The van der Waals surface area contributed by atoms with Crippen LogP contribution in [0.2, 0.25) is 0 Å². The van der Waals surface area contributed by atoms with E-state index in [1.165, 1.54) is 5.70 Å². The van der Waals surface area contributed by atoms with Gasteiger partial charge in [-0.05, 0) is 12.2 Å². The highest BCUT2D eigenvalue weighted by Gasteiger charge is 2.28. The lowest BCUT2D eigenvalue weighted by molar-refractivity contribution is -0.803. The first kappa shape index (κ1) is 5.00. The molecule has 0 saturated carbocycles. The molecular weight excluding hydrogens is 110 g/mol. The van der Waals surface area contributed by atoms with Gasteiger partial charge >= 0.3 is 0 Å². The topological polar surface area (TPSA) is 0 Å². The van der Waals surface area contributed by atoms with Crippen molar-refractivity contribution in [3.63, 3.8) is 0 Å². The zero-order valence-corrected chi connectivity index (χ0v) is 5.54. The summed E-state index contributed by atoms with van der Waals surface area (Å²) in [6, 6.07) is 0. The third kappa shape index (κ3) is 0.524. The largest absolute Gasteiger partial charge is 0.264 e. The molecule has 0 N–H and O–H groups in total. The van der Waals surface area contributed by atoms with Crippen molar-refractivity contribution in [2.24, 2.45) is 0 Å². The molecule has 1 unspecified atom stereocenters. The van der Waals surface area contributed by atoms with Gasteiger partial charge < -0.3 is 0 Å². The predicted molar refractivity (Wildman–Crippen MR) is 37.4 cm³/mol. The molecule has 1 heteroatoms. The minimum atomic E-state index is 0.986. The van der Waals surface area contributed by atoms with Crippen LogP contribution in [0.3, 0.4) is 0 Å². The van der Waals surface area contributed by atoms with E-state index in [4.69, 9.17) is 0 Å². The highest BCUT2D eigenvalue weighted by atomic mass is 15.3. The summed E-state index contributed by atoms with van der Waals surface area (Å²) in [5.74, 6) is 0. The van der Waals surface area contributed by atoms with E-state index < -0.39 is 0 Å². The van der Waals surface area contributed by atoms with Crippen molar-refractivity contribution >= 4 is 0 Å². The maximum absolute atomic E-state index is 2.22. The fourth-order valence-corrected chi connectivity index (χ4v) is 1.37. The molecule has 1 nitrogen and oxygen atoms in total. The number of quaternary nitrogens is 1. The van der Waals surface area contributed by atoms with Crippen molar-refractivity contribution in [2.45, 2.75) is 0 Å². The number of nitrogens with zero attached hydrogens (tertiary/aromatic N) is 1. The Morgan fingerprint density at radius 1 is 1.56 bits per heavy atom. The number of rotatable bonds is 0. The monoisotopic (exact) mass is 120 g/mol. The van der Waals surface area contributed by atoms with E-state index in [0.29, 0.717) is 0 Å². The summed E-state index contributed by atoms with van der Waals surface area (Å²) in [6.45, 7) is 1.13. The zero-order chi connectivity index (χ0) is 6.32. The average molecular weight is 120 g/mol. The van der Waals surface area contributed by atoms with Gasteiger partial charge in [0.25, 0.3) is 0 Å². The summed E-state index contributed by atoms with van der Waals surface area (Å²) in [7, 11) is 2.22. The first-order valence-electron chi connectivity index (χ1n) is 3.23. The minimum absolute atomic E-state index is 0.986. The molecule has 2 heterocycles. The molecule has 2 rings (SSSR count). The van der Waals surface area contributed by atoms with Gasteiger partial charge in [-0.2, -0.15) is 0 Å². The number of hydrogen-bond acceptors (Lipinski definition) is 0. The molecule has 0 spiro atoms. The number of allylic oxidation sites excluding steroid dienone is 3. The van der Waals surface area contributed by atoms with Gasteiger partial charge in [0.15, 0.2) is 0 Å². The highest BCUT2D eigenvalue weighted by Crippen LogP contribution is 2.26. The van der Waals surface area contributed by atoms with Crippen molar-refractivity contribution in [3.05, 3.63) is 36.2 Å². The Morgan fingerprint density at radius 3 is 3.22 bits per heavy atom. The van der Waals surface area contributed by atoms with E-state index in [1.807, 2.05) is 0 Å². The third-order valence-corrected chi connectivity index (χ3v) is 2.05. The Kier molecular flexibility index (Phi) is 0.758. The van der Waals surface area contributed by atoms with Crippen LogP contribution >= 0.6 is 0 Å². The fourth-order valence-electron chi connectivity index (χ4n) is 1.37. The van der Waals surface area contributed by atoms with E-state index in [9.17, 15) is 0 Å². The van der Waals surface area contributed by atoms with Gasteiger partial charge in [0, 0.05) is 12.2 Å². The Balaban J connectivity index is 2.48. The molecule has 0 radical (unpaired) electrons. The molecule has 0 aromatic rings. The van der Waals surface area contributed by atoms with E-state index in [-0.39, 0.29) is 0 Å². The lowest BCUT2D eigenvalue weighted by Crippen LogP contribution is -2.31. The van der Waals surface area contributed by atoms with Crippen LogP contribution in [0.15, 0.2) is 36.2 Å². The quantitative estimate of drug-likeness (QED) is 0.424. The average Bonchev–Trinajstić information content (AvgIpc) is 2.22. The molecule has 46 valence electrons. The van der Waals surface area contributed by atoms with Crippen molar-refractivity contribution in [1.29, 1.82) is 0 Å². The van der Waals surface area contributed by atoms with Gasteiger partial charge in [-0.1, -0.05) is 0 Å². The van der Waals surface area contributed by atoms with Crippen molar-refractivity contribution < 1.29 is 4.48 Å². The van der Waals surface area contributed by atoms with Gasteiger partial charge in [0.2, 0.25) is 0 Å². The summed E-state index contributed by atoms with van der Waals surface area (Å²) in [5.41, 5.74) is 1.41. The van der Waals surface area contributed by atoms with Gasteiger partial charge in [0.1, 0.15) is 18.4 Å². The molecule has 1 atom stereocenters. The second-order valence-corrected chi connectivity index (χ2v) is 2.79. The molecule has 0 amide bonds. The SMILES string of the molecule is C[N+]12C=CC=C1C=CC2. The van der Waals surface area contributed by atoms with E-state index in [0.717, 1.165) is 11.0 Å². The molecule has 0 aromatic carbocycles. The van der Waals surface area contributed by atoms with Crippen LogP contribution in [-0.4, -0.2) is 18.1 Å². The second-order valence-electron chi connectivity index (χ2n) is 2.79. The Labute approximate surface area is 55.2 Å². The molecule has 0 aromatic heterocycles. The first-order chi connectivity index (χ1) is 4.31. The van der Waals surface area contributed by atoms with Crippen LogP contribution in [0, 0.1) is 0 Å². The molecular formula is C8H10N+. The van der Waals surface area contributed by atoms with Crippen molar-refractivity contribution in [1.82, 2.24) is 0 Å². The zero-order valence-electron chi connectivity index (χ0n) is 5.54. The van der Waals surface area contributed by atoms with Crippen LogP contribution in [0.1, 0.15) is 0 Å². The number of fused-ring (bicyclic) bond motifs is 1. The maximum Gasteiger partial charge on any atom is 0.137 e. The van der Waals surface area contributed by atoms with Crippen molar-refractivity contribution in [3.8, 4) is 0 Å². The molecule has 2 aliphatic heterocycles. The molecule has 0 aliphatic carbocycles. The van der Waals surface area contributed by atoms with Gasteiger partial charge in [-0.3, -0.25) is 4.48 Å². The van der Waals surface area contributed by atoms with Crippen LogP contribution in [0.5, 0.6) is 0 Å². The summed E-state index contributed by atoms with van der Waals surface area (Å²) in [6.07, 6.45) is 10.9. The van der Waals surface area contributed by atoms with Crippen molar-refractivity contribution in [2.75, 3.05) is 13.6 Å². The predicted octanol–water partition coefficient (Wildman–Crippen LogP) is 1.41. The molecule has 0 saturated heterocycles. The fraction of sp³-hybridized carbons (Fsp3) is 0.250. The highest BCUT2D eigenvalue weighted by molar-refractivity contribution is 5.26. The Hall–Kier alpha value is -0.820. The van der Waals surface area contributed by atoms with Crippen LogP contribution in [-0.2, 0) is 0 Å². The lowest BCUT2D eigenvalue weighted by atomic mass is 10.4. The van der Waals surface area contributed by atoms with Crippen LogP contribution in [0.25, 0.3) is 0 Å². The maximum atomic E-state index is 2.22. The normalized spacial score (nSPS) is 37.2. The third-order valence-electron chi connectivity index (χ3n) is 2.05. The molecule has 0 bridgehead atoms. The van der Waals surface area contributed by atoms with Crippen LogP contribution in [0.4, 0.5) is 0 Å². The summed E-state index contributed by atoms with van der Waals surface area (Å²) in [4.78, 5) is 0. The van der Waals surface area contributed by atoms with E-state index >= 15 is 0 Å². The van der Waals surface area contributed by atoms with E-state index in [1.54, 1.807) is 0 Å². The Morgan fingerprint density at radius 2 is 2.44 bits per heavy atom. The summed E-state index contributed by atoms with van der Waals surface area (Å²) in [5, 5.41) is 0. The summed E-state index contributed by atoms with van der Waals surface area (Å²) >= 11 is 0. The lowest BCUT2D eigenvalue weighted by Gasteiger charge is -2.21.